The van der Waals surface area contributed by atoms with E-state index in [0.29, 0.717) is 65.0 Å². The molecule has 0 aromatic carbocycles. The standard InChI is InChI=1S/C17H30O7/c1-4-5-19-6-7-20-8-9-21-10-11-22-12-13-23-14-15-24-17(18)16(2)3/h4-5H,2,6-15H2,1,3H3. The normalized spacial score (nSPS) is 10.9. The Morgan fingerprint density at radius 1 is 0.792 bits per heavy atom. The van der Waals surface area contributed by atoms with Crippen LogP contribution in [0.3, 0.4) is 0 Å². The van der Waals surface area contributed by atoms with Gasteiger partial charge in [0.25, 0.3) is 0 Å². The zero-order chi connectivity index (χ0) is 17.9. The second-order valence-electron chi connectivity index (χ2n) is 4.71. The first-order valence-electron chi connectivity index (χ1n) is 8.04. The molecule has 0 aliphatic carbocycles. The third-order valence-corrected chi connectivity index (χ3v) is 2.50. The summed E-state index contributed by atoms with van der Waals surface area (Å²) >= 11 is 0. The van der Waals surface area contributed by atoms with E-state index < -0.39 is 5.97 Å². The molecule has 0 heterocycles. The van der Waals surface area contributed by atoms with Crippen LogP contribution in [0.1, 0.15) is 13.8 Å². The Balaban J connectivity index is 3.07. The Hall–Kier alpha value is -1.41. The fourth-order valence-electron chi connectivity index (χ4n) is 1.35. The molecule has 0 saturated carbocycles. The first-order valence-corrected chi connectivity index (χ1v) is 8.04. The molecule has 0 N–H and O–H groups in total. The average molecular weight is 346 g/mol. The lowest BCUT2D eigenvalue weighted by Crippen LogP contribution is -2.15. The van der Waals surface area contributed by atoms with Crippen LogP contribution < -0.4 is 0 Å². The number of ether oxygens (including phenoxy) is 6. The quantitative estimate of drug-likeness (QED) is 0.172. The molecule has 0 spiro atoms. The Morgan fingerprint density at radius 3 is 1.62 bits per heavy atom. The lowest BCUT2D eigenvalue weighted by molar-refractivity contribution is -0.140. The van der Waals surface area contributed by atoms with Crippen LogP contribution in [0.4, 0.5) is 0 Å². The average Bonchev–Trinajstić information content (AvgIpc) is 2.57. The van der Waals surface area contributed by atoms with Crippen LogP contribution in [0.25, 0.3) is 0 Å². The molecule has 0 saturated heterocycles. The van der Waals surface area contributed by atoms with Crippen LogP contribution in [0.2, 0.25) is 0 Å². The van der Waals surface area contributed by atoms with E-state index >= 15 is 0 Å². The molecule has 0 atom stereocenters. The summed E-state index contributed by atoms with van der Waals surface area (Å²) in [6.07, 6.45) is 3.46. The topological polar surface area (TPSA) is 72.5 Å². The largest absolute Gasteiger partial charge is 0.499 e. The molecule has 0 bridgehead atoms. The number of allylic oxidation sites excluding steroid dienone is 1. The van der Waals surface area contributed by atoms with Gasteiger partial charge in [-0.3, -0.25) is 0 Å². The van der Waals surface area contributed by atoms with Gasteiger partial charge < -0.3 is 28.4 Å². The van der Waals surface area contributed by atoms with E-state index in [1.807, 2.05) is 13.0 Å². The SMILES string of the molecule is C=C(C)C(=O)OCCOCCOCCOCCOCCOC=CC. The summed E-state index contributed by atoms with van der Waals surface area (Å²) in [5.74, 6) is -0.402. The summed E-state index contributed by atoms with van der Waals surface area (Å²) in [6.45, 7) is 11.6. The molecule has 0 aliphatic heterocycles. The van der Waals surface area contributed by atoms with Crippen molar-refractivity contribution in [3.8, 4) is 0 Å². The molecule has 7 heteroatoms. The number of hydrogen-bond donors (Lipinski definition) is 0. The van der Waals surface area contributed by atoms with Crippen molar-refractivity contribution in [1.29, 1.82) is 0 Å². The summed E-state index contributed by atoms with van der Waals surface area (Å²) in [6, 6.07) is 0. The Kier molecular flexibility index (Phi) is 16.9. The lowest BCUT2D eigenvalue weighted by Gasteiger charge is -2.08. The molecular weight excluding hydrogens is 316 g/mol. The van der Waals surface area contributed by atoms with Crippen molar-refractivity contribution in [3.05, 3.63) is 24.5 Å². The number of esters is 1. The second kappa shape index (κ2) is 17.9. The highest BCUT2D eigenvalue weighted by atomic mass is 16.6. The van der Waals surface area contributed by atoms with Gasteiger partial charge in [-0.25, -0.2) is 4.79 Å². The maximum absolute atomic E-state index is 11.1. The van der Waals surface area contributed by atoms with E-state index in [9.17, 15) is 4.79 Å². The maximum atomic E-state index is 11.1. The molecule has 0 rings (SSSR count). The lowest BCUT2D eigenvalue weighted by atomic mass is 10.4. The summed E-state index contributed by atoms with van der Waals surface area (Å²) in [4.78, 5) is 11.1. The van der Waals surface area contributed by atoms with Crippen molar-refractivity contribution >= 4 is 5.97 Å². The van der Waals surface area contributed by atoms with Crippen molar-refractivity contribution < 1.29 is 33.2 Å². The van der Waals surface area contributed by atoms with Crippen molar-refractivity contribution in [3.63, 3.8) is 0 Å². The molecular formula is C17H30O7. The van der Waals surface area contributed by atoms with E-state index in [1.54, 1.807) is 13.2 Å². The van der Waals surface area contributed by atoms with Gasteiger partial charge >= 0.3 is 5.97 Å². The van der Waals surface area contributed by atoms with Crippen LogP contribution in [0.15, 0.2) is 24.5 Å². The molecule has 0 amide bonds. The van der Waals surface area contributed by atoms with Crippen LogP contribution in [-0.4, -0.2) is 72.0 Å². The zero-order valence-corrected chi connectivity index (χ0v) is 14.8. The van der Waals surface area contributed by atoms with Crippen LogP contribution in [0, 0.1) is 0 Å². The van der Waals surface area contributed by atoms with Crippen LogP contribution >= 0.6 is 0 Å². The van der Waals surface area contributed by atoms with Crippen LogP contribution in [0.5, 0.6) is 0 Å². The van der Waals surface area contributed by atoms with Gasteiger partial charge in [0.05, 0.1) is 59.1 Å². The van der Waals surface area contributed by atoms with Crippen molar-refractivity contribution in [2.24, 2.45) is 0 Å². The van der Waals surface area contributed by atoms with Gasteiger partial charge in [-0.05, 0) is 13.8 Å². The third kappa shape index (κ3) is 17.0. The molecule has 0 unspecified atom stereocenters. The summed E-state index contributed by atoms with van der Waals surface area (Å²) < 4.78 is 31.2. The molecule has 24 heavy (non-hydrogen) atoms. The minimum Gasteiger partial charge on any atom is -0.499 e. The Bertz CT molecular complexity index is 342. The van der Waals surface area contributed by atoms with Gasteiger partial charge in [0.1, 0.15) is 13.2 Å². The number of carbonyl (C=O) groups excluding carboxylic acids is 1. The number of rotatable bonds is 17. The predicted octanol–water partition coefficient (Wildman–Crippen LogP) is 1.72. The highest BCUT2D eigenvalue weighted by Crippen LogP contribution is 1.91. The van der Waals surface area contributed by atoms with Crippen molar-refractivity contribution in [2.45, 2.75) is 13.8 Å². The second-order valence-corrected chi connectivity index (χ2v) is 4.71. The first kappa shape index (κ1) is 22.6. The third-order valence-electron chi connectivity index (χ3n) is 2.50. The molecule has 0 aromatic rings. The maximum Gasteiger partial charge on any atom is 0.333 e. The van der Waals surface area contributed by atoms with Crippen molar-refractivity contribution in [1.82, 2.24) is 0 Å². The van der Waals surface area contributed by atoms with Gasteiger partial charge in [-0.1, -0.05) is 12.7 Å². The Labute approximate surface area is 144 Å². The van der Waals surface area contributed by atoms with Crippen molar-refractivity contribution in [2.75, 3.05) is 66.1 Å². The van der Waals surface area contributed by atoms with Gasteiger partial charge in [-0.15, -0.1) is 0 Å². The van der Waals surface area contributed by atoms with Crippen LogP contribution in [-0.2, 0) is 33.2 Å². The number of carbonyl (C=O) groups is 1. The molecule has 0 aliphatic rings. The highest BCUT2D eigenvalue weighted by Gasteiger charge is 2.01. The van der Waals surface area contributed by atoms with E-state index in [4.69, 9.17) is 28.4 Å². The minimum atomic E-state index is -0.402. The molecule has 0 aromatic heterocycles. The van der Waals surface area contributed by atoms with Gasteiger partial charge in [0.15, 0.2) is 0 Å². The number of hydrogen-bond acceptors (Lipinski definition) is 7. The van der Waals surface area contributed by atoms with E-state index in [2.05, 4.69) is 6.58 Å². The van der Waals surface area contributed by atoms with Gasteiger partial charge in [0.2, 0.25) is 0 Å². The smallest absolute Gasteiger partial charge is 0.333 e. The molecule has 0 fully saturated rings. The van der Waals surface area contributed by atoms with Gasteiger partial charge in [-0.2, -0.15) is 0 Å². The Morgan fingerprint density at radius 2 is 1.21 bits per heavy atom. The van der Waals surface area contributed by atoms with E-state index in [-0.39, 0.29) is 6.61 Å². The molecule has 0 radical (unpaired) electrons. The summed E-state index contributed by atoms with van der Waals surface area (Å²) in [7, 11) is 0. The van der Waals surface area contributed by atoms with E-state index in [0.717, 1.165) is 0 Å². The first-order chi connectivity index (χ1) is 11.7. The summed E-state index contributed by atoms with van der Waals surface area (Å²) in [5, 5.41) is 0. The minimum absolute atomic E-state index is 0.217. The molecule has 7 nitrogen and oxygen atoms in total. The monoisotopic (exact) mass is 346 g/mol. The fourth-order valence-corrected chi connectivity index (χ4v) is 1.35. The highest BCUT2D eigenvalue weighted by molar-refractivity contribution is 5.86. The fraction of sp³-hybridized carbons (Fsp3) is 0.706. The van der Waals surface area contributed by atoms with E-state index in [1.165, 1.54) is 0 Å². The zero-order valence-electron chi connectivity index (χ0n) is 14.8. The predicted molar refractivity (Wildman–Crippen MR) is 89.8 cm³/mol. The van der Waals surface area contributed by atoms with Gasteiger partial charge in [0, 0.05) is 5.57 Å². The molecule has 140 valence electrons. The summed E-state index contributed by atoms with van der Waals surface area (Å²) in [5.41, 5.74) is 0.380.